The van der Waals surface area contributed by atoms with Gasteiger partial charge in [-0.1, -0.05) is 84.9 Å². The molecule has 4 aromatic rings. The fraction of sp³-hybridized carbons (Fsp3) is 0.375. The summed E-state index contributed by atoms with van der Waals surface area (Å²) < 4.78 is 5.98. The van der Waals surface area contributed by atoms with E-state index in [0.717, 1.165) is 46.0 Å². The van der Waals surface area contributed by atoms with Gasteiger partial charge in [-0.15, -0.1) is 0 Å². The van der Waals surface area contributed by atoms with Gasteiger partial charge in [0.25, 0.3) is 0 Å². The van der Waals surface area contributed by atoms with Crippen molar-refractivity contribution in [2.24, 2.45) is 11.8 Å². The van der Waals surface area contributed by atoms with Gasteiger partial charge in [-0.3, -0.25) is 14.4 Å². The molecule has 4 unspecified atom stereocenters. The van der Waals surface area contributed by atoms with Gasteiger partial charge < -0.3 is 25.0 Å². The number of amides is 2. The first kappa shape index (κ1) is 33.2. The van der Waals surface area contributed by atoms with Gasteiger partial charge in [-0.2, -0.15) is 0 Å². The highest BCUT2D eigenvalue weighted by Gasteiger charge is 2.33. The fourth-order valence-electron chi connectivity index (χ4n) is 7.05. The molecule has 4 atom stereocenters. The monoisotopic (exact) mass is 647 g/mol. The maximum Gasteiger partial charge on any atom is 0.309 e. The minimum Gasteiger partial charge on any atom is -0.463 e. The van der Waals surface area contributed by atoms with Crippen molar-refractivity contribution in [3.63, 3.8) is 0 Å². The second-order valence-corrected chi connectivity index (χ2v) is 13.2. The van der Waals surface area contributed by atoms with Crippen LogP contribution in [0.15, 0.2) is 97.2 Å². The first-order valence-corrected chi connectivity index (χ1v) is 17.2. The van der Waals surface area contributed by atoms with E-state index >= 15 is 0 Å². The maximum atomic E-state index is 14.0. The van der Waals surface area contributed by atoms with Crippen LogP contribution in [0.25, 0.3) is 10.9 Å². The van der Waals surface area contributed by atoms with Gasteiger partial charge in [0.1, 0.15) is 6.61 Å². The first-order valence-electron chi connectivity index (χ1n) is 17.2. The van der Waals surface area contributed by atoms with E-state index in [1.165, 1.54) is 0 Å². The molecule has 0 bridgehead atoms. The van der Waals surface area contributed by atoms with Crippen molar-refractivity contribution in [1.82, 2.24) is 15.2 Å². The Morgan fingerprint density at radius 3 is 2.50 bits per heavy atom. The lowest BCUT2D eigenvalue weighted by Crippen LogP contribution is -2.48. The second kappa shape index (κ2) is 15.9. The number of para-hydroxylation sites is 1. The molecule has 1 aromatic heterocycles. The number of H-pyrrole nitrogens is 1. The predicted molar refractivity (Wildman–Crippen MR) is 186 cm³/mol. The van der Waals surface area contributed by atoms with Crippen LogP contribution < -0.4 is 5.32 Å². The van der Waals surface area contributed by atoms with Crippen LogP contribution in [-0.2, 0) is 44.9 Å². The van der Waals surface area contributed by atoms with Crippen LogP contribution in [0, 0.1) is 11.8 Å². The number of aromatic nitrogens is 1. The number of rotatable bonds is 7. The lowest BCUT2D eigenvalue weighted by Gasteiger charge is -2.36. The smallest absolute Gasteiger partial charge is 0.309 e. The Morgan fingerprint density at radius 2 is 1.67 bits per heavy atom. The van der Waals surface area contributed by atoms with Crippen molar-refractivity contribution in [3.8, 4) is 0 Å². The molecular formula is C40H45N3O5. The molecular weight excluding hydrogens is 602 g/mol. The van der Waals surface area contributed by atoms with Crippen molar-refractivity contribution in [2.45, 2.75) is 70.0 Å². The largest absolute Gasteiger partial charge is 0.463 e. The lowest BCUT2D eigenvalue weighted by atomic mass is 9.92. The van der Waals surface area contributed by atoms with Gasteiger partial charge in [0.15, 0.2) is 0 Å². The van der Waals surface area contributed by atoms with E-state index in [1.807, 2.05) is 91.1 Å². The first-order chi connectivity index (χ1) is 23.5. The quantitative estimate of drug-likeness (QED) is 0.177. The Morgan fingerprint density at radius 1 is 0.896 bits per heavy atom. The third kappa shape index (κ3) is 8.23. The molecule has 0 spiro atoms. The van der Waals surface area contributed by atoms with E-state index < -0.39 is 12.0 Å². The summed E-state index contributed by atoms with van der Waals surface area (Å²) in [5.41, 5.74) is 5.30. The number of ether oxygens (including phenoxy) is 1. The summed E-state index contributed by atoms with van der Waals surface area (Å²) in [5, 5.41) is 14.4. The van der Waals surface area contributed by atoms with Gasteiger partial charge in [0, 0.05) is 30.1 Å². The molecule has 3 heterocycles. The lowest BCUT2D eigenvalue weighted by molar-refractivity contribution is -0.150. The van der Waals surface area contributed by atoms with Crippen LogP contribution in [0.3, 0.4) is 0 Å². The van der Waals surface area contributed by atoms with Gasteiger partial charge in [-0.05, 0) is 73.3 Å². The molecule has 0 radical (unpaired) electrons. The second-order valence-electron chi connectivity index (χ2n) is 13.2. The van der Waals surface area contributed by atoms with E-state index in [-0.39, 0.29) is 49.4 Å². The third-order valence-corrected chi connectivity index (χ3v) is 9.76. The highest BCUT2D eigenvalue weighted by molar-refractivity contribution is 5.87. The molecule has 3 aromatic carbocycles. The number of allylic oxidation sites excluding steroid dienone is 2. The summed E-state index contributed by atoms with van der Waals surface area (Å²) in [6, 6.07) is 25.2. The molecule has 2 amide bonds. The molecule has 3 N–H and O–H groups in total. The molecule has 8 nitrogen and oxygen atoms in total. The molecule has 2 aliphatic rings. The Hall–Kier alpha value is -4.69. The normalized spacial score (nSPS) is 22.4. The average molecular weight is 648 g/mol. The van der Waals surface area contributed by atoms with Crippen LogP contribution in [0.2, 0.25) is 0 Å². The van der Waals surface area contributed by atoms with Crippen LogP contribution in [0.5, 0.6) is 0 Å². The van der Waals surface area contributed by atoms with Crippen LogP contribution in [-0.4, -0.2) is 58.1 Å². The summed E-state index contributed by atoms with van der Waals surface area (Å²) in [4.78, 5) is 46.4. The highest BCUT2D eigenvalue weighted by Crippen LogP contribution is 2.26. The number of aliphatic hydroxyl groups is 1. The van der Waals surface area contributed by atoms with E-state index in [0.29, 0.717) is 38.6 Å². The number of hydrogen-bond acceptors (Lipinski definition) is 5. The molecule has 0 saturated heterocycles. The molecule has 0 aliphatic carbocycles. The highest BCUT2D eigenvalue weighted by atomic mass is 16.5. The molecule has 250 valence electrons. The van der Waals surface area contributed by atoms with Crippen molar-refractivity contribution in [3.05, 3.63) is 119 Å². The van der Waals surface area contributed by atoms with E-state index in [1.54, 1.807) is 4.90 Å². The summed E-state index contributed by atoms with van der Waals surface area (Å²) in [6.07, 6.45) is 10.3. The van der Waals surface area contributed by atoms with Crippen LogP contribution in [0.4, 0.5) is 0 Å². The predicted octanol–water partition coefficient (Wildman–Crippen LogP) is 5.68. The van der Waals surface area contributed by atoms with E-state index in [2.05, 4.69) is 16.4 Å². The zero-order valence-corrected chi connectivity index (χ0v) is 27.4. The molecule has 0 saturated carbocycles. The van der Waals surface area contributed by atoms with E-state index in [4.69, 9.17) is 4.74 Å². The maximum absolute atomic E-state index is 14.0. The Kier molecular flexibility index (Phi) is 11.0. The number of aliphatic hydroxyl groups excluding tert-OH is 1. The van der Waals surface area contributed by atoms with E-state index in [9.17, 15) is 19.5 Å². The summed E-state index contributed by atoms with van der Waals surface area (Å²) in [7, 11) is 0. The number of cyclic esters (lactones) is 1. The number of hydrogen-bond donors (Lipinski definition) is 3. The molecule has 8 heteroatoms. The molecule has 48 heavy (non-hydrogen) atoms. The number of esters is 1. The number of nitrogens with one attached hydrogen (secondary N) is 2. The number of aromatic amines is 1. The van der Waals surface area contributed by atoms with Crippen molar-refractivity contribution in [2.75, 3.05) is 13.2 Å². The fourth-order valence-corrected chi connectivity index (χ4v) is 7.05. The topological polar surface area (TPSA) is 112 Å². The van der Waals surface area contributed by atoms with Gasteiger partial charge >= 0.3 is 5.97 Å². The summed E-state index contributed by atoms with van der Waals surface area (Å²) in [6.45, 7) is 0.301. The van der Waals surface area contributed by atoms with Gasteiger partial charge in [0.2, 0.25) is 11.8 Å². The van der Waals surface area contributed by atoms with Crippen molar-refractivity contribution < 1.29 is 24.2 Å². The third-order valence-electron chi connectivity index (χ3n) is 9.76. The molecule has 0 fully saturated rings. The number of carbonyl (C=O) groups excluding carboxylic acids is 3. The van der Waals surface area contributed by atoms with Gasteiger partial charge in [0.05, 0.1) is 30.5 Å². The van der Waals surface area contributed by atoms with Crippen molar-refractivity contribution >= 4 is 28.7 Å². The minimum atomic E-state index is -0.611. The summed E-state index contributed by atoms with van der Waals surface area (Å²) >= 11 is 0. The molecule has 6 rings (SSSR count). The van der Waals surface area contributed by atoms with Crippen LogP contribution in [0.1, 0.15) is 54.4 Å². The van der Waals surface area contributed by atoms with Crippen molar-refractivity contribution in [1.29, 1.82) is 0 Å². The Labute approximate surface area is 282 Å². The number of benzene rings is 3. The van der Waals surface area contributed by atoms with Crippen LogP contribution >= 0.6 is 0 Å². The van der Waals surface area contributed by atoms with Gasteiger partial charge in [-0.25, -0.2) is 0 Å². The summed E-state index contributed by atoms with van der Waals surface area (Å²) in [5.74, 6) is -1.55. The SMILES string of the molecule is O=C1NC(Cc2c[nH]c3ccccc23)COC(=O)C(Cc2ccccc2)CCCC=CCC1CC(=O)N1Cc2ccccc2CC1CO. The Bertz CT molecular complexity index is 1730. The Balaban J connectivity index is 1.22. The average Bonchev–Trinajstić information content (AvgIpc) is 3.52. The standard InChI is InChI=1S/C40H45N3O5/c44-26-35-22-29-14-8-9-17-32(29)25-43(35)38(45)23-30-15-6-1-2-7-16-31(20-28-12-4-3-5-13-28)40(47)48-27-34(42-39(30)46)21-33-24-41-37-19-11-10-18-36(33)37/h1,3-6,8-14,17-19,24,30-31,34-35,41,44H,2,7,15-16,20-23,25-27H2,(H,42,46). The minimum absolute atomic E-state index is 0.0214. The zero-order chi connectivity index (χ0) is 33.3. The molecule has 2 aliphatic heterocycles. The zero-order valence-electron chi connectivity index (χ0n) is 27.4. The number of fused-ring (bicyclic) bond motifs is 2. The number of nitrogens with zero attached hydrogens (tertiary/aromatic N) is 1. The number of carbonyl (C=O) groups is 3.